The largest absolute Gasteiger partial charge is 0.481 e. The Morgan fingerprint density at radius 1 is 1.16 bits per heavy atom. The first-order chi connectivity index (χ1) is 21.5. The fraction of sp³-hybridized carbons (Fsp3) is 0.517. The molecule has 45 heavy (non-hydrogen) atoms. The van der Waals surface area contributed by atoms with Gasteiger partial charge in [-0.2, -0.15) is 13.2 Å². The molecule has 3 aliphatic heterocycles. The van der Waals surface area contributed by atoms with E-state index in [4.69, 9.17) is 9.84 Å². The maximum absolute atomic E-state index is 13.6. The summed E-state index contributed by atoms with van der Waals surface area (Å²) < 4.78 is 45.8. The summed E-state index contributed by atoms with van der Waals surface area (Å²) in [6.07, 6.45) is 2.83. The maximum atomic E-state index is 13.6. The molecule has 242 valence electrons. The summed E-state index contributed by atoms with van der Waals surface area (Å²) in [5.74, 6) is -1.23. The van der Waals surface area contributed by atoms with E-state index in [1.807, 2.05) is 4.90 Å². The molecule has 0 aliphatic carbocycles. The van der Waals surface area contributed by atoms with Crippen molar-refractivity contribution in [2.45, 2.75) is 51.4 Å². The molecule has 16 heteroatoms. The van der Waals surface area contributed by atoms with Crippen LogP contribution in [0.2, 0.25) is 0 Å². The summed E-state index contributed by atoms with van der Waals surface area (Å²) in [7, 11) is 1.15. The number of allylic oxidation sites excluding steroid dienone is 2. The molecule has 0 radical (unpaired) electrons. The number of carbonyl (C=O) groups excluding carboxylic acids is 1. The van der Waals surface area contributed by atoms with E-state index in [0.717, 1.165) is 37.4 Å². The number of hydrogen-bond donors (Lipinski definition) is 2. The molecule has 2 aromatic rings. The van der Waals surface area contributed by atoms with E-state index in [1.54, 1.807) is 0 Å². The molecule has 1 amide bonds. The number of aromatic nitrogens is 3. The van der Waals surface area contributed by atoms with E-state index < -0.39 is 29.5 Å². The first kappa shape index (κ1) is 32.5. The van der Waals surface area contributed by atoms with Crippen molar-refractivity contribution in [3.63, 3.8) is 0 Å². The normalized spacial score (nSPS) is 19.9. The van der Waals surface area contributed by atoms with Crippen molar-refractivity contribution in [1.29, 1.82) is 0 Å². The molecular formula is C29H35F3N8O4S. The maximum Gasteiger partial charge on any atom is 0.421 e. The lowest BCUT2D eigenvalue weighted by Crippen LogP contribution is -2.47. The number of amides is 1. The molecule has 3 aliphatic rings. The number of hydrogen-bond acceptors (Lipinski definition) is 11. The number of thiazole rings is 1. The van der Waals surface area contributed by atoms with Crippen molar-refractivity contribution in [3.05, 3.63) is 46.5 Å². The summed E-state index contributed by atoms with van der Waals surface area (Å²) in [5, 5.41) is 12.0. The Hall–Kier alpha value is -3.89. The summed E-state index contributed by atoms with van der Waals surface area (Å²) in [4.78, 5) is 48.5. The van der Waals surface area contributed by atoms with Crippen molar-refractivity contribution in [2.75, 3.05) is 56.6 Å². The number of anilines is 2. The minimum absolute atomic E-state index is 0.0639. The van der Waals surface area contributed by atoms with Crippen LogP contribution in [0.25, 0.3) is 5.57 Å². The van der Waals surface area contributed by atoms with E-state index in [2.05, 4.69) is 42.0 Å². The van der Waals surface area contributed by atoms with E-state index in [0.29, 0.717) is 67.5 Å². The zero-order chi connectivity index (χ0) is 32.1. The van der Waals surface area contributed by atoms with Gasteiger partial charge in [-0.05, 0) is 32.7 Å². The number of carboxylic acids is 1. The topological polar surface area (TPSA) is 136 Å². The van der Waals surface area contributed by atoms with Gasteiger partial charge in [-0.15, -0.1) is 0 Å². The highest BCUT2D eigenvalue weighted by Gasteiger charge is 2.38. The Labute approximate surface area is 262 Å². The first-order valence-corrected chi connectivity index (χ1v) is 15.5. The second-order valence-corrected chi connectivity index (χ2v) is 12.1. The van der Waals surface area contributed by atoms with Gasteiger partial charge < -0.3 is 14.7 Å². The number of piperazine rings is 1. The third-order valence-electron chi connectivity index (χ3n) is 8.06. The van der Waals surface area contributed by atoms with Gasteiger partial charge in [-0.25, -0.2) is 19.9 Å². The third-order valence-corrected chi connectivity index (χ3v) is 9.02. The molecule has 0 bridgehead atoms. The van der Waals surface area contributed by atoms with Gasteiger partial charge >= 0.3 is 12.1 Å². The molecule has 2 aromatic heterocycles. The van der Waals surface area contributed by atoms with Crippen LogP contribution in [0.4, 0.5) is 24.1 Å². The Morgan fingerprint density at radius 2 is 1.93 bits per heavy atom. The number of methoxy groups -OCH3 is 1. The van der Waals surface area contributed by atoms with E-state index in [-0.39, 0.29) is 18.5 Å². The monoisotopic (exact) mass is 648 g/mol. The first-order valence-electron chi connectivity index (χ1n) is 14.7. The van der Waals surface area contributed by atoms with Crippen LogP contribution in [0, 0.1) is 0 Å². The molecule has 5 rings (SSSR count). The third kappa shape index (κ3) is 8.04. The summed E-state index contributed by atoms with van der Waals surface area (Å²) >= 11 is 1.27. The van der Waals surface area contributed by atoms with Crippen molar-refractivity contribution in [2.24, 2.45) is 4.99 Å². The number of halogens is 3. The molecule has 12 nitrogen and oxygen atoms in total. The van der Waals surface area contributed by atoms with Crippen LogP contribution in [0.1, 0.15) is 53.7 Å². The highest BCUT2D eigenvalue weighted by Crippen LogP contribution is 2.36. The fourth-order valence-electron chi connectivity index (χ4n) is 5.51. The molecule has 2 saturated heterocycles. The molecular weight excluding hydrogens is 613 g/mol. The molecule has 2 fully saturated rings. The molecule has 0 spiro atoms. The molecule has 0 aromatic carbocycles. The quantitative estimate of drug-likeness (QED) is 0.410. The molecule has 5 heterocycles. The van der Waals surface area contributed by atoms with Crippen molar-refractivity contribution >= 4 is 45.6 Å². The molecule has 1 atom stereocenters. The standard InChI is InChI=1S/C29H35F3N8O4S/c1-18-4-3-8-40(18)17-22-25(19-5-6-20(29(30,31)32)27(44-2)35-14-19)36-28(45-22)37-26(43)21-15-34-23(16-33-21)39-12-10-38(11-13-39)9-7-24(41)42/h6,14-16,18H,3-5,7-13,17H2,1-2H3,(H,41,42)(H,36,37,43)/t18-/m1/s1. The minimum Gasteiger partial charge on any atom is -0.481 e. The summed E-state index contributed by atoms with van der Waals surface area (Å²) in [6, 6.07) is 0.345. The lowest BCUT2D eigenvalue weighted by Gasteiger charge is -2.34. The fourth-order valence-corrected chi connectivity index (χ4v) is 6.53. The van der Waals surface area contributed by atoms with Gasteiger partial charge in [0.2, 0.25) is 5.90 Å². The number of rotatable bonds is 9. The van der Waals surface area contributed by atoms with Crippen LogP contribution >= 0.6 is 11.3 Å². The lowest BCUT2D eigenvalue weighted by atomic mass is 10.1. The van der Waals surface area contributed by atoms with E-state index in [1.165, 1.54) is 29.9 Å². The van der Waals surface area contributed by atoms with Crippen molar-refractivity contribution in [3.8, 4) is 0 Å². The Morgan fingerprint density at radius 3 is 2.56 bits per heavy atom. The number of alkyl halides is 3. The number of aliphatic carboxylic acids is 1. The van der Waals surface area contributed by atoms with E-state index in [9.17, 15) is 22.8 Å². The summed E-state index contributed by atoms with van der Waals surface area (Å²) in [5.41, 5.74) is 0.106. The van der Waals surface area contributed by atoms with Crippen molar-refractivity contribution in [1.82, 2.24) is 24.8 Å². The van der Waals surface area contributed by atoms with Crippen molar-refractivity contribution < 1.29 is 32.6 Å². The van der Waals surface area contributed by atoms with E-state index >= 15 is 0 Å². The van der Waals surface area contributed by atoms with Crippen LogP contribution in [0.5, 0.6) is 0 Å². The second kappa shape index (κ2) is 14.0. The number of carboxylic acid groups (broad SMARTS) is 1. The number of carbonyl (C=O) groups is 2. The predicted molar refractivity (Wildman–Crippen MR) is 163 cm³/mol. The summed E-state index contributed by atoms with van der Waals surface area (Å²) in [6.45, 7) is 6.77. The number of nitrogens with zero attached hydrogens (tertiary/aromatic N) is 7. The minimum atomic E-state index is -4.62. The Bertz CT molecular complexity index is 1480. The van der Waals surface area contributed by atoms with Gasteiger partial charge in [-0.3, -0.25) is 24.7 Å². The van der Waals surface area contributed by atoms with Crippen LogP contribution in [0.3, 0.4) is 0 Å². The second-order valence-electron chi connectivity index (χ2n) is 11.1. The number of nitrogens with one attached hydrogen (secondary N) is 1. The highest BCUT2D eigenvalue weighted by atomic mass is 32.1. The van der Waals surface area contributed by atoms with Crippen LogP contribution in [0.15, 0.2) is 35.2 Å². The highest BCUT2D eigenvalue weighted by molar-refractivity contribution is 7.16. The Kier molecular flexibility index (Phi) is 10.1. The smallest absolute Gasteiger partial charge is 0.421 e. The zero-order valence-corrected chi connectivity index (χ0v) is 25.8. The lowest BCUT2D eigenvalue weighted by molar-refractivity contribution is -0.137. The van der Waals surface area contributed by atoms with Gasteiger partial charge in [0.15, 0.2) is 5.13 Å². The number of aliphatic imine (C=N–C) groups is 1. The SMILES string of the molecule is COC1=NC=C(c2nc(NC(=O)c3cnc(N4CCN(CCC(=O)O)CC4)cn3)sc2CN2CCC[C@H]2C)CC=C1C(F)(F)F. The van der Waals surface area contributed by atoms with Gasteiger partial charge in [0.25, 0.3) is 5.91 Å². The van der Waals surface area contributed by atoms with Gasteiger partial charge in [0.05, 0.1) is 31.6 Å². The average Bonchev–Trinajstić information content (AvgIpc) is 3.52. The van der Waals surface area contributed by atoms with Crippen LogP contribution < -0.4 is 10.2 Å². The van der Waals surface area contributed by atoms with Gasteiger partial charge in [-0.1, -0.05) is 17.4 Å². The van der Waals surface area contributed by atoms with Crippen LogP contribution in [-0.2, 0) is 16.1 Å². The molecule has 0 saturated carbocycles. The Balaban J connectivity index is 1.30. The van der Waals surface area contributed by atoms with Gasteiger partial charge in [0.1, 0.15) is 17.1 Å². The van der Waals surface area contributed by atoms with Gasteiger partial charge in [0, 0.05) is 62.0 Å². The van der Waals surface area contributed by atoms with Crippen LogP contribution in [-0.4, -0.2) is 106 Å². The number of likely N-dealkylation sites (tertiary alicyclic amines) is 1. The average molecular weight is 649 g/mol. The predicted octanol–water partition coefficient (Wildman–Crippen LogP) is 4.04. The zero-order valence-electron chi connectivity index (χ0n) is 25.0. The molecule has 0 unspecified atom stereocenters. The number of ether oxygens (including phenoxy) is 1. The molecule has 2 N–H and O–H groups in total.